The number of pyridine rings is 1. The predicted molar refractivity (Wildman–Crippen MR) is 90.9 cm³/mol. The highest BCUT2D eigenvalue weighted by Gasteiger charge is 2.20. The monoisotopic (exact) mass is 287 g/mol. The molecule has 0 bridgehead atoms. The number of hydrogen-bond donors (Lipinski definition) is 1. The molecule has 1 aromatic rings. The second kappa shape index (κ2) is 7.08. The molecule has 0 atom stereocenters. The van der Waals surface area contributed by atoms with Crippen LogP contribution in [0.25, 0.3) is 0 Å². The van der Waals surface area contributed by atoms with E-state index in [-0.39, 0.29) is 0 Å². The van der Waals surface area contributed by atoms with E-state index < -0.39 is 0 Å². The van der Waals surface area contributed by atoms with Gasteiger partial charge in [-0.1, -0.05) is 19.9 Å². The van der Waals surface area contributed by atoms with Crippen LogP contribution >= 0.6 is 0 Å². The molecule has 1 aliphatic carbocycles. The van der Waals surface area contributed by atoms with Crippen molar-refractivity contribution >= 4 is 5.82 Å². The van der Waals surface area contributed by atoms with Crippen molar-refractivity contribution in [2.75, 3.05) is 11.4 Å². The van der Waals surface area contributed by atoms with Crippen LogP contribution in [-0.2, 0) is 6.54 Å². The zero-order valence-electron chi connectivity index (χ0n) is 13.9. The van der Waals surface area contributed by atoms with Gasteiger partial charge in [-0.25, -0.2) is 4.98 Å². The fraction of sp³-hybridized carbons (Fsp3) is 0.611. The molecule has 1 heterocycles. The Balaban J connectivity index is 2.25. The molecule has 0 radical (unpaired) electrons. The van der Waals surface area contributed by atoms with Crippen molar-refractivity contribution in [1.29, 1.82) is 0 Å². The predicted octanol–water partition coefficient (Wildman–Crippen LogP) is 3.86. The maximum absolute atomic E-state index is 4.87. The summed E-state index contributed by atoms with van der Waals surface area (Å²) in [6.45, 7) is 14.5. The van der Waals surface area contributed by atoms with E-state index in [4.69, 9.17) is 4.98 Å². The summed E-state index contributed by atoms with van der Waals surface area (Å²) >= 11 is 0. The van der Waals surface area contributed by atoms with E-state index in [0.29, 0.717) is 12.0 Å². The third-order valence-corrected chi connectivity index (χ3v) is 3.90. The van der Waals surface area contributed by atoms with E-state index >= 15 is 0 Å². The van der Waals surface area contributed by atoms with Gasteiger partial charge in [-0.15, -0.1) is 6.58 Å². The fourth-order valence-electron chi connectivity index (χ4n) is 2.40. The summed E-state index contributed by atoms with van der Waals surface area (Å²) in [4.78, 5) is 7.17. The summed E-state index contributed by atoms with van der Waals surface area (Å²) in [6, 6.07) is 5.63. The van der Waals surface area contributed by atoms with Crippen LogP contribution < -0.4 is 10.2 Å². The van der Waals surface area contributed by atoms with E-state index in [1.807, 2.05) is 6.08 Å². The minimum absolute atomic E-state index is 0.419. The van der Waals surface area contributed by atoms with E-state index in [9.17, 15) is 0 Å². The molecule has 1 aromatic heterocycles. The van der Waals surface area contributed by atoms with Crippen molar-refractivity contribution in [3.63, 3.8) is 0 Å². The number of aromatic nitrogens is 1. The molecule has 1 saturated carbocycles. The lowest BCUT2D eigenvalue weighted by atomic mass is 10.1. The van der Waals surface area contributed by atoms with Gasteiger partial charge in [-0.05, 0) is 50.3 Å². The molecular formula is C18H29N3. The van der Waals surface area contributed by atoms with Crippen molar-refractivity contribution in [3.8, 4) is 0 Å². The normalized spacial score (nSPS) is 14.8. The molecule has 0 aromatic carbocycles. The molecule has 0 saturated heterocycles. The summed E-state index contributed by atoms with van der Waals surface area (Å²) in [5, 5.41) is 3.60. The molecule has 0 aliphatic heterocycles. The van der Waals surface area contributed by atoms with Crippen LogP contribution in [0.5, 0.6) is 0 Å². The topological polar surface area (TPSA) is 28.2 Å². The second-order valence-corrected chi connectivity index (χ2v) is 6.60. The van der Waals surface area contributed by atoms with Gasteiger partial charge in [0, 0.05) is 30.9 Å². The first-order chi connectivity index (χ1) is 10.0. The van der Waals surface area contributed by atoms with Gasteiger partial charge < -0.3 is 10.2 Å². The fourth-order valence-corrected chi connectivity index (χ4v) is 2.40. The molecule has 1 N–H and O–H groups in total. The highest BCUT2D eigenvalue weighted by Crippen LogP contribution is 2.24. The Morgan fingerprint density at radius 1 is 1.33 bits per heavy atom. The van der Waals surface area contributed by atoms with Crippen LogP contribution in [0.4, 0.5) is 5.82 Å². The van der Waals surface area contributed by atoms with E-state index in [0.717, 1.165) is 24.9 Å². The quantitative estimate of drug-likeness (QED) is 0.736. The van der Waals surface area contributed by atoms with Crippen molar-refractivity contribution in [3.05, 3.63) is 36.0 Å². The summed E-state index contributed by atoms with van der Waals surface area (Å²) in [5.74, 6) is 1.52. The van der Waals surface area contributed by atoms with Gasteiger partial charge in [-0.2, -0.15) is 0 Å². The molecular weight excluding hydrogens is 258 g/mol. The summed E-state index contributed by atoms with van der Waals surface area (Å²) in [7, 11) is 0. The molecule has 116 valence electrons. The van der Waals surface area contributed by atoms with Gasteiger partial charge >= 0.3 is 0 Å². The number of nitrogens with one attached hydrogen (secondary N) is 1. The maximum atomic E-state index is 4.87. The zero-order valence-corrected chi connectivity index (χ0v) is 13.9. The Morgan fingerprint density at radius 2 is 2.05 bits per heavy atom. The molecule has 3 heteroatoms. The Labute approximate surface area is 129 Å². The smallest absolute Gasteiger partial charge is 0.129 e. The van der Waals surface area contributed by atoms with Gasteiger partial charge in [-0.3, -0.25) is 0 Å². The highest BCUT2D eigenvalue weighted by molar-refractivity contribution is 5.45. The molecule has 2 rings (SSSR count). The largest absolute Gasteiger partial charge is 0.350 e. The third kappa shape index (κ3) is 4.57. The van der Waals surface area contributed by atoms with Gasteiger partial charge in [0.05, 0.1) is 0 Å². The molecule has 3 nitrogen and oxygen atoms in total. The lowest BCUT2D eigenvalue weighted by Gasteiger charge is -2.28. The lowest BCUT2D eigenvalue weighted by molar-refractivity contribution is 0.676. The van der Waals surface area contributed by atoms with Crippen LogP contribution in [0.2, 0.25) is 0 Å². The van der Waals surface area contributed by atoms with Crippen molar-refractivity contribution in [2.45, 2.75) is 65.1 Å². The number of hydrogen-bond acceptors (Lipinski definition) is 3. The first-order valence-corrected chi connectivity index (χ1v) is 8.13. The summed E-state index contributed by atoms with van der Waals surface area (Å²) in [6.07, 6.45) is 4.60. The molecule has 1 fully saturated rings. The minimum Gasteiger partial charge on any atom is -0.350 e. The Morgan fingerprint density at radius 3 is 2.57 bits per heavy atom. The molecule has 21 heavy (non-hydrogen) atoms. The van der Waals surface area contributed by atoms with E-state index in [2.05, 4.69) is 56.6 Å². The van der Waals surface area contributed by atoms with E-state index in [1.165, 1.54) is 24.1 Å². The Bertz CT molecular complexity index is 475. The van der Waals surface area contributed by atoms with Gasteiger partial charge in [0.2, 0.25) is 0 Å². The minimum atomic E-state index is 0.419. The molecule has 0 amide bonds. The van der Waals surface area contributed by atoms with Gasteiger partial charge in [0.15, 0.2) is 0 Å². The van der Waals surface area contributed by atoms with Crippen molar-refractivity contribution in [2.24, 2.45) is 0 Å². The lowest BCUT2D eigenvalue weighted by Crippen LogP contribution is -2.32. The zero-order chi connectivity index (χ0) is 15.4. The molecule has 0 spiro atoms. The molecule has 0 unspecified atom stereocenters. The van der Waals surface area contributed by atoms with Crippen LogP contribution in [-0.4, -0.2) is 23.6 Å². The number of anilines is 1. The van der Waals surface area contributed by atoms with E-state index in [1.54, 1.807) is 0 Å². The SMILES string of the molecule is C=CCN(c1cc(CNC2CC2)cc(C(C)C)n1)C(C)C. The van der Waals surface area contributed by atoms with Crippen molar-refractivity contribution in [1.82, 2.24) is 10.3 Å². The van der Waals surface area contributed by atoms with Gasteiger partial charge in [0.1, 0.15) is 5.82 Å². The standard InChI is InChI=1S/C18H29N3/c1-6-9-21(14(4)5)18-11-15(12-19-16-7-8-16)10-17(20-18)13(2)3/h6,10-11,13-14,16,19H,1,7-9,12H2,2-5H3. The van der Waals surface area contributed by atoms with Crippen LogP contribution in [0, 0.1) is 0 Å². The summed E-state index contributed by atoms with van der Waals surface area (Å²) < 4.78 is 0. The third-order valence-electron chi connectivity index (χ3n) is 3.90. The molecule has 1 aliphatic rings. The first kappa shape index (κ1) is 16.0. The maximum Gasteiger partial charge on any atom is 0.129 e. The average molecular weight is 287 g/mol. The Hall–Kier alpha value is -1.35. The second-order valence-electron chi connectivity index (χ2n) is 6.60. The number of rotatable bonds is 8. The Kier molecular flexibility index (Phi) is 5.40. The van der Waals surface area contributed by atoms with Crippen LogP contribution in [0.1, 0.15) is 57.7 Å². The first-order valence-electron chi connectivity index (χ1n) is 8.13. The van der Waals surface area contributed by atoms with Crippen LogP contribution in [0.15, 0.2) is 24.8 Å². The number of nitrogens with zero attached hydrogens (tertiary/aromatic N) is 2. The highest BCUT2D eigenvalue weighted by atomic mass is 15.2. The van der Waals surface area contributed by atoms with Crippen LogP contribution in [0.3, 0.4) is 0 Å². The van der Waals surface area contributed by atoms with Crippen molar-refractivity contribution < 1.29 is 0 Å². The van der Waals surface area contributed by atoms with Gasteiger partial charge in [0.25, 0.3) is 0 Å². The average Bonchev–Trinajstić information content (AvgIpc) is 3.26. The summed E-state index contributed by atoms with van der Waals surface area (Å²) in [5.41, 5.74) is 2.51.